The van der Waals surface area contributed by atoms with Crippen LogP contribution in [0.5, 0.6) is 0 Å². The third-order valence-corrected chi connectivity index (χ3v) is 3.87. The number of nitrogens with one attached hydrogen (secondary N) is 2. The lowest BCUT2D eigenvalue weighted by atomic mass is 9.87. The van der Waals surface area contributed by atoms with E-state index in [4.69, 9.17) is 11.5 Å². The molecule has 0 saturated carbocycles. The van der Waals surface area contributed by atoms with Crippen molar-refractivity contribution >= 4 is 18.0 Å². The maximum atomic E-state index is 12.3. The van der Waals surface area contributed by atoms with Crippen LogP contribution in [0.25, 0.3) is 0 Å². The van der Waals surface area contributed by atoms with Crippen LogP contribution in [0.15, 0.2) is 4.99 Å². The first kappa shape index (κ1) is 22.5. The number of aliphatic imine (C=N–C) groups is 1. The molecule has 24 heavy (non-hydrogen) atoms. The van der Waals surface area contributed by atoms with Crippen LogP contribution in [0, 0.1) is 11.8 Å². The van der Waals surface area contributed by atoms with Crippen LogP contribution in [-0.2, 0) is 9.59 Å². The lowest BCUT2D eigenvalue weighted by Gasteiger charge is -2.29. The molecule has 3 atom stereocenters. The monoisotopic (exact) mass is 341 g/mol. The number of amides is 1. The largest absolute Gasteiger partial charge is 0.374 e. The zero-order chi connectivity index (χ0) is 18.5. The van der Waals surface area contributed by atoms with Crippen LogP contribution in [-0.4, -0.2) is 49.7 Å². The van der Waals surface area contributed by atoms with Crippen molar-refractivity contribution < 1.29 is 9.59 Å². The van der Waals surface area contributed by atoms with E-state index < -0.39 is 12.1 Å². The molecule has 0 spiro atoms. The van der Waals surface area contributed by atoms with Gasteiger partial charge in [0.1, 0.15) is 12.1 Å². The Hall–Kier alpha value is -1.47. The second-order valence-electron chi connectivity index (χ2n) is 6.22. The highest BCUT2D eigenvalue weighted by atomic mass is 16.2. The molecule has 0 aromatic carbocycles. The van der Waals surface area contributed by atoms with Gasteiger partial charge in [0, 0.05) is 19.0 Å². The average Bonchev–Trinajstić information content (AvgIpc) is 2.54. The summed E-state index contributed by atoms with van der Waals surface area (Å²) in [5, 5.41) is 6.01. The van der Waals surface area contributed by atoms with Gasteiger partial charge in [0.15, 0.2) is 0 Å². The fourth-order valence-corrected chi connectivity index (χ4v) is 2.65. The van der Waals surface area contributed by atoms with Gasteiger partial charge in [0.2, 0.25) is 5.91 Å². The highest BCUT2D eigenvalue weighted by Crippen LogP contribution is 2.17. The van der Waals surface area contributed by atoms with E-state index >= 15 is 0 Å². The maximum Gasteiger partial charge on any atom is 0.237 e. The first-order chi connectivity index (χ1) is 11.4. The minimum absolute atomic E-state index is 0.137. The number of rotatable bonds is 12. The number of hydrogen-bond acceptors (Lipinski definition) is 5. The molecule has 0 aliphatic rings. The summed E-state index contributed by atoms with van der Waals surface area (Å²) in [4.78, 5) is 28.4. The molecule has 7 nitrogen and oxygen atoms in total. The molecular formula is C17H35N5O2. The molecule has 0 saturated heterocycles. The second kappa shape index (κ2) is 12.9. The summed E-state index contributed by atoms with van der Waals surface area (Å²) in [6.07, 6.45) is 2.96. The summed E-state index contributed by atoms with van der Waals surface area (Å²) in [6.45, 7) is 9.85. The highest BCUT2D eigenvalue weighted by Gasteiger charge is 2.31. The summed E-state index contributed by atoms with van der Waals surface area (Å²) in [5.74, 6) is 0.382. The molecule has 6 N–H and O–H groups in total. The first-order valence-corrected chi connectivity index (χ1v) is 8.92. The number of nitrogens with zero attached hydrogens (tertiary/aromatic N) is 1. The Bertz CT molecular complexity index is 398. The van der Waals surface area contributed by atoms with Crippen molar-refractivity contribution in [3.8, 4) is 0 Å². The van der Waals surface area contributed by atoms with Crippen LogP contribution in [0.2, 0.25) is 0 Å². The lowest BCUT2D eigenvalue weighted by molar-refractivity contribution is -0.125. The molecule has 0 aliphatic carbocycles. The van der Waals surface area contributed by atoms with E-state index in [1.54, 1.807) is 0 Å². The van der Waals surface area contributed by atoms with Crippen molar-refractivity contribution in [3.05, 3.63) is 0 Å². The fraction of sp³-hybridized carbons (Fsp3) is 0.824. The van der Waals surface area contributed by atoms with Gasteiger partial charge < -0.3 is 26.9 Å². The van der Waals surface area contributed by atoms with Gasteiger partial charge in [-0.1, -0.05) is 20.3 Å². The Morgan fingerprint density at radius 3 is 2.38 bits per heavy atom. The summed E-state index contributed by atoms with van der Waals surface area (Å²) < 4.78 is 0. The minimum atomic E-state index is -0.651. The van der Waals surface area contributed by atoms with Gasteiger partial charge in [-0.05, 0) is 39.2 Å². The normalized spacial score (nSPS) is 15.7. The van der Waals surface area contributed by atoms with Crippen molar-refractivity contribution in [2.24, 2.45) is 28.3 Å². The van der Waals surface area contributed by atoms with Crippen molar-refractivity contribution in [1.82, 2.24) is 10.6 Å². The highest BCUT2D eigenvalue weighted by molar-refractivity contribution is 5.91. The smallest absolute Gasteiger partial charge is 0.237 e. The van der Waals surface area contributed by atoms with E-state index in [2.05, 4.69) is 15.6 Å². The van der Waals surface area contributed by atoms with Crippen molar-refractivity contribution in [2.45, 2.75) is 59.0 Å². The SMILES string of the molecule is CCN=C(NCC)C(C(C)C)[C@@H](C=O)NC(=O)[C@H](N)CCCCN. The van der Waals surface area contributed by atoms with Gasteiger partial charge >= 0.3 is 0 Å². The molecule has 1 unspecified atom stereocenters. The van der Waals surface area contributed by atoms with Crippen molar-refractivity contribution in [3.63, 3.8) is 0 Å². The predicted octanol–water partition coefficient (Wildman–Crippen LogP) is 0.427. The maximum absolute atomic E-state index is 12.3. The summed E-state index contributed by atoms with van der Waals surface area (Å²) >= 11 is 0. The standard InChI is InChI=1S/C17H35N5O2/c1-5-20-16(21-6-2)15(12(3)4)14(11-23)22-17(24)13(19)9-7-8-10-18/h11-15H,5-10,18-19H2,1-4H3,(H,20,21)(H,22,24)/t13-,14-,15?/m1/s1. The molecule has 0 bridgehead atoms. The van der Waals surface area contributed by atoms with E-state index in [0.29, 0.717) is 26.1 Å². The van der Waals surface area contributed by atoms with Gasteiger partial charge in [-0.15, -0.1) is 0 Å². The molecule has 140 valence electrons. The molecular weight excluding hydrogens is 306 g/mol. The van der Waals surface area contributed by atoms with Gasteiger partial charge in [-0.2, -0.15) is 0 Å². The van der Waals surface area contributed by atoms with Crippen LogP contribution < -0.4 is 22.1 Å². The Balaban J connectivity index is 5.06. The number of carbonyl (C=O) groups is 2. The quantitative estimate of drug-likeness (QED) is 0.177. The van der Waals surface area contributed by atoms with Crippen LogP contribution >= 0.6 is 0 Å². The van der Waals surface area contributed by atoms with E-state index in [1.807, 2.05) is 27.7 Å². The first-order valence-electron chi connectivity index (χ1n) is 8.92. The molecule has 1 amide bonds. The average molecular weight is 342 g/mol. The Labute approximate surface area is 146 Å². The summed E-state index contributed by atoms with van der Waals surface area (Å²) in [5.41, 5.74) is 11.4. The number of unbranched alkanes of at least 4 members (excludes halogenated alkanes) is 1. The molecule has 0 heterocycles. The van der Waals surface area contributed by atoms with Gasteiger partial charge in [-0.3, -0.25) is 9.79 Å². The number of carbonyl (C=O) groups excluding carboxylic acids is 2. The Kier molecular flexibility index (Phi) is 12.1. The third kappa shape index (κ3) is 7.88. The van der Waals surface area contributed by atoms with Crippen molar-refractivity contribution in [2.75, 3.05) is 19.6 Å². The number of nitrogens with two attached hydrogens (primary N) is 2. The number of amidine groups is 1. The Morgan fingerprint density at radius 2 is 1.92 bits per heavy atom. The number of aldehydes is 1. The number of hydrogen-bond donors (Lipinski definition) is 4. The molecule has 0 aromatic heterocycles. The summed E-state index contributed by atoms with van der Waals surface area (Å²) in [7, 11) is 0. The fourth-order valence-electron chi connectivity index (χ4n) is 2.65. The Morgan fingerprint density at radius 1 is 1.25 bits per heavy atom. The lowest BCUT2D eigenvalue weighted by Crippen LogP contribution is -2.53. The topological polar surface area (TPSA) is 123 Å². The molecule has 0 radical (unpaired) electrons. The molecule has 7 heteroatoms. The van der Waals surface area contributed by atoms with E-state index in [9.17, 15) is 9.59 Å². The molecule has 0 aromatic rings. The molecule has 0 rings (SSSR count). The van der Waals surface area contributed by atoms with Gasteiger partial charge in [0.05, 0.1) is 12.1 Å². The summed E-state index contributed by atoms with van der Waals surface area (Å²) in [6, 6.07) is -1.28. The van der Waals surface area contributed by atoms with Gasteiger partial charge in [-0.25, -0.2) is 0 Å². The molecule has 0 fully saturated rings. The van der Waals surface area contributed by atoms with Crippen molar-refractivity contribution in [1.29, 1.82) is 0 Å². The van der Waals surface area contributed by atoms with Crippen LogP contribution in [0.3, 0.4) is 0 Å². The van der Waals surface area contributed by atoms with Gasteiger partial charge in [0.25, 0.3) is 0 Å². The van der Waals surface area contributed by atoms with E-state index in [-0.39, 0.29) is 17.7 Å². The van der Waals surface area contributed by atoms with E-state index in [0.717, 1.165) is 25.0 Å². The van der Waals surface area contributed by atoms with Crippen LogP contribution in [0.1, 0.15) is 47.0 Å². The van der Waals surface area contributed by atoms with E-state index in [1.165, 1.54) is 0 Å². The zero-order valence-electron chi connectivity index (χ0n) is 15.5. The minimum Gasteiger partial charge on any atom is -0.374 e. The zero-order valence-corrected chi connectivity index (χ0v) is 15.5. The second-order valence-corrected chi connectivity index (χ2v) is 6.22. The van der Waals surface area contributed by atoms with Crippen LogP contribution in [0.4, 0.5) is 0 Å². The predicted molar refractivity (Wildman–Crippen MR) is 98.9 cm³/mol. The molecule has 0 aliphatic heterocycles. The third-order valence-electron chi connectivity index (χ3n) is 3.87.